The number of hydrogen-bond acceptors (Lipinski definition) is 4. The number of nitrogens with zero attached hydrogens (tertiary/aromatic N) is 3. The number of sulfonamides is 1. The van der Waals surface area contributed by atoms with E-state index in [9.17, 15) is 13.2 Å². The van der Waals surface area contributed by atoms with E-state index in [1.165, 1.54) is 6.08 Å². The first-order valence-electron chi connectivity index (χ1n) is 10.2. The lowest BCUT2D eigenvalue weighted by molar-refractivity contribution is -0.114. The van der Waals surface area contributed by atoms with Crippen molar-refractivity contribution in [2.45, 2.75) is 39.5 Å². The minimum atomic E-state index is -3.61. The molecule has 0 fully saturated rings. The van der Waals surface area contributed by atoms with Crippen LogP contribution in [-0.2, 0) is 28.3 Å². The number of carbonyl (C=O) groups excluding carboxylic acids is 1. The summed E-state index contributed by atoms with van der Waals surface area (Å²) in [6.07, 6.45) is 7.59. The molecule has 0 aliphatic heterocycles. The average Bonchev–Trinajstić information content (AvgIpc) is 3.20. The maximum atomic E-state index is 12.1. The lowest BCUT2D eigenvalue weighted by Crippen LogP contribution is -2.31. The molecule has 0 unspecified atom stereocenters. The van der Waals surface area contributed by atoms with E-state index < -0.39 is 15.9 Å². The topological polar surface area (TPSA) is 86.0 Å². The van der Waals surface area contributed by atoms with Gasteiger partial charge in [0, 0.05) is 35.3 Å². The molecule has 9 heteroatoms. The van der Waals surface area contributed by atoms with Gasteiger partial charge in [-0.2, -0.15) is 5.10 Å². The molecule has 2 heterocycles. The summed E-state index contributed by atoms with van der Waals surface area (Å²) in [5.74, 6) is 0.199. The van der Waals surface area contributed by atoms with Gasteiger partial charge in [0.15, 0.2) is 0 Å². The Labute approximate surface area is 187 Å². The highest BCUT2D eigenvalue weighted by Gasteiger charge is 2.16. The molecular formula is C22H27ClN4O3S. The molecule has 1 amide bonds. The second-order valence-corrected chi connectivity index (χ2v) is 9.78. The molecule has 0 radical (unpaired) electrons. The molecule has 1 aromatic carbocycles. The van der Waals surface area contributed by atoms with Crippen molar-refractivity contribution in [3.8, 4) is 5.82 Å². The van der Waals surface area contributed by atoms with E-state index in [2.05, 4.69) is 9.82 Å². The van der Waals surface area contributed by atoms with Gasteiger partial charge in [0.25, 0.3) is 5.91 Å². The average molecular weight is 463 g/mol. The minimum Gasteiger partial charge on any atom is -0.301 e. The first-order valence-corrected chi connectivity index (χ1v) is 12.3. The van der Waals surface area contributed by atoms with Crippen LogP contribution in [0.4, 0.5) is 0 Å². The summed E-state index contributed by atoms with van der Waals surface area (Å²) in [6, 6.07) is 7.69. The molecule has 166 valence electrons. The van der Waals surface area contributed by atoms with Crippen LogP contribution < -0.4 is 4.72 Å². The van der Waals surface area contributed by atoms with Gasteiger partial charge < -0.3 is 4.57 Å². The van der Waals surface area contributed by atoms with E-state index in [1.54, 1.807) is 10.8 Å². The van der Waals surface area contributed by atoms with Gasteiger partial charge in [-0.1, -0.05) is 37.4 Å². The zero-order valence-electron chi connectivity index (χ0n) is 17.9. The summed E-state index contributed by atoms with van der Waals surface area (Å²) in [5, 5.41) is 6.22. The predicted molar refractivity (Wildman–Crippen MR) is 124 cm³/mol. The lowest BCUT2D eigenvalue weighted by atomic mass is 10.1. The zero-order valence-corrected chi connectivity index (χ0v) is 19.5. The van der Waals surface area contributed by atoms with Gasteiger partial charge in [-0.3, -0.25) is 9.48 Å². The Morgan fingerprint density at radius 2 is 2.03 bits per heavy atom. The molecule has 31 heavy (non-hydrogen) atoms. The van der Waals surface area contributed by atoms with E-state index >= 15 is 0 Å². The zero-order chi connectivity index (χ0) is 22.6. The molecule has 0 bridgehead atoms. The van der Waals surface area contributed by atoms with Crippen LogP contribution in [0.3, 0.4) is 0 Å². The van der Waals surface area contributed by atoms with Crippen LogP contribution in [0.15, 0.2) is 42.6 Å². The van der Waals surface area contributed by atoms with Crippen LogP contribution >= 0.6 is 11.6 Å². The van der Waals surface area contributed by atoms with Crippen molar-refractivity contribution in [2.75, 3.05) is 5.75 Å². The monoisotopic (exact) mass is 462 g/mol. The number of allylic oxidation sites excluding steroid dienone is 1. The summed E-state index contributed by atoms with van der Waals surface area (Å²) in [5.41, 5.74) is 2.78. The van der Waals surface area contributed by atoms with Crippen LogP contribution in [-0.4, -0.2) is 34.4 Å². The van der Waals surface area contributed by atoms with Crippen molar-refractivity contribution < 1.29 is 13.2 Å². The SMILES string of the molecule is CCCCCS(=O)(=O)NC(=O)C=CCc1c(C)nn(C)c1-n1ccc2cc(Cl)ccc21. The number of unbranched alkanes of at least 4 members (excludes halogenated alkanes) is 2. The van der Waals surface area contributed by atoms with Gasteiger partial charge in [-0.15, -0.1) is 0 Å². The largest absolute Gasteiger partial charge is 0.301 e. The Bertz CT molecular complexity index is 1230. The molecule has 0 aliphatic carbocycles. The maximum absolute atomic E-state index is 12.1. The maximum Gasteiger partial charge on any atom is 0.257 e. The minimum absolute atomic E-state index is 0.0446. The summed E-state index contributed by atoms with van der Waals surface area (Å²) in [4.78, 5) is 12.1. The summed E-state index contributed by atoms with van der Waals surface area (Å²) in [6.45, 7) is 3.90. The fourth-order valence-electron chi connectivity index (χ4n) is 3.59. The number of amides is 1. The van der Waals surface area contributed by atoms with Gasteiger partial charge in [-0.25, -0.2) is 13.1 Å². The van der Waals surface area contributed by atoms with E-state index in [0.717, 1.165) is 40.8 Å². The highest BCUT2D eigenvalue weighted by atomic mass is 35.5. The first kappa shape index (κ1) is 23.1. The molecule has 0 saturated heterocycles. The number of nitrogens with one attached hydrogen (secondary N) is 1. The number of aromatic nitrogens is 3. The van der Waals surface area contributed by atoms with E-state index in [-0.39, 0.29) is 5.75 Å². The summed E-state index contributed by atoms with van der Waals surface area (Å²) in [7, 11) is -1.74. The fraction of sp³-hybridized carbons (Fsp3) is 0.364. The second-order valence-electron chi connectivity index (χ2n) is 7.50. The molecule has 3 aromatic rings. The standard InChI is InChI=1S/C22H27ClN4O3S/c1-4-5-6-14-31(29,30)25-21(28)9-7-8-19-16(2)24-26(3)22(19)27-13-12-17-15-18(23)10-11-20(17)27/h7,9-13,15H,4-6,8,14H2,1-3H3,(H,25,28). The molecule has 2 aromatic heterocycles. The molecule has 3 rings (SSSR count). The molecule has 0 atom stereocenters. The Balaban J connectivity index is 1.78. The Morgan fingerprint density at radius 1 is 1.26 bits per heavy atom. The Morgan fingerprint density at radius 3 is 2.77 bits per heavy atom. The van der Waals surface area contributed by atoms with Crippen LogP contribution in [0.2, 0.25) is 5.02 Å². The number of carbonyl (C=O) groups is 1. The second kappa shape index (κ2) is 9.70. The summed E-state index contributed by atoms with van der Waals surface area (Å²) >= 11 is 6.10. The van der Waals surface area contributed by atoms with Crippen molar-refractivity contribution in [3.05, 3.63) is 58.9 Å². The van der Waals surface area contributed by atoms with Gasteiger partial charge in [-0.05, 0) is 44.0 Å². The van der Waals surface area contributed by atoms with Crippen LogP contribution in [0, 0.1) is 6.92 Å². The molecule has 1 N–H and O–H groups in total. The predicted octanol–water partition coefficient (Wildman–Crippen LogP) is 4.06. The van der Waals surface area contributed by atoms with Crippen LogP contribution in [0.25, 0.3) is 16.7 Å². The third-order valence-corrected chi connectivity index (χ3v) is 6.63. The van der Waals surface area contributed by atoms with Crippen molar-refractivity contribution in [3.63, 3.8) is 0 Å². The number of benzene rings is 1. The normalized spacial score (nSPS) is 12.1. The number of fused-ring (bicyclic) bond motifs is 1. The Hall–Kier alpha value is -2.58. The number of rotatable bonds is 9. The van der Waals surface area contributed by atoms with Gasteiger partial charge in [0.05, 0.1) is 17.0 Å². The number of aryl methyl sites for hydroxylation is 2. The lowest BCUT2D eigenvalue weighted by Gasteiger charge is -2.09. The fourth-order valence-corrected chi connectivity index (χ4v) is 4.83. The highest BCUT2D eigenvalue weighted by Crippen LogP contribution is 2.27. The van der Waals surface area contributed by atoms with Crippen LogP contribution in [0.1, 0.15) is 37.4 Å². The van der Waals surface area contributed by atoms with Crippen LogP contribution in [0.5, 0.6) is 0 Å². The molecule has 0 aliphatic rings. The highest BCUT2D eigenvalue weighted by molar-refractivity contribution is 7.90. The molecular weight excluding hydrogens is 436 g/mol. The van der Waals surface area contributed by atoms with E-state index in [1.807, 2.05) is 55.9 Å². The van der Waals surface area contributed by atoms with Crippen molar-refractivity contribution >= 4 is 38.4 Å². The van der Waals surface area contributed by atoms with Gasteiger partial charge >= 0.3 is 0 Å². The third kappa shape index (κ3) is 5.57. The quantitative estimate of drug-likeness (QED) is 0.383. The first-order chi connectivity index (χ1) is 14.7. The van der Waals surface area contributed by atoms with Crippen molar-refractivity contribution in [2.24, 2.45) is 7.05 Å². The molecule has 7 nitrogen and oxygen atoms in total. The van der Waals surface area contributed by atoms with E-state index in [4.69, 9.17) is 11.6 Å². The molecule has 0 spiro atoms. The third-order valence-electron chi connectivity index (χ3n) is 5.06. The van der Waals surface area contributed by atoms with Gasteiger partial charge in [0.2, 0.25) is 10.0 Å². The Kier molecular flexibility index (Phi) is 7.23. The van der Waals surface area contributed by atoms with Gasteiger partial charge in [0.1, 0.15) is 5.82 Å². The number of hydrogen-bond donors (Lipinski definition) is 1. The smallest absolute Gasteiger partial charge is 0.257 e. The van der Waals surface area contributed by atoms with E-state index in [0.29, 0.717) is 17.9 Å². The van der Waals surface area contributed by atoms with Crippen molar-refractivity contribution in [1.82, 2.24) is 19.1 Å². The van der Waals surface area contributed by atoms with Crippen molar-refractivity contribution in [1.29, 1.82) is 0 Å². The molecule has 0 saturated carbocycles. The summed E-state index contributed by atoms with van der Waals surface area (Å²) < 4.78 is 29.9. The number of halogens is 1.